The van der Waals surface area contributed by atoms with Crippen LogP contribution >= 0.6 is 7.60 Å². The van der Waals surface area contributed by atoms with Crippen molar-refractivity contribution in [1.82, 2.24) is 5.32 Å². The van der Waals surface area contributed by atoms with E-state index in [4.69, 9.17) is 23.7 Å². The molecule has 1 fully saturated rings. The fourth-order valence-electron chi connectivity index (χ4n) is 5.57. The van der Waals surface area contributed by atoms with Gasteiger partial charge < -0.3 is 29.1 Å². The molecule has 49 heavy (non-hydrogen) atoms. The molecule has 2 N–H and O–H groups in total. The van der Waals surface area contributed by atoms with E-state index in [0.29, 0.717) is 30.0 Å². The van der Waals surface area contributed by atoms with Crippen LogP contribution in [0.2, 0.25) is 0 Å². The minimum absolute atomic E-state index is 0.0654. The third kappa shape index (κ3) is 9.66. The molecule has 3 aromatic rings. The van der Waals surface area contributed by atoms with Gasteiger partial charge in [0.05, 0.1) is 41.5 Å². The molecule has 2 heterocycles. The molecule has 13 heteroatoms. The van der Waals surface area contributed by atoms with E-state index < -0.39 is 30.4 Å². The van der Waals surface area contributed by atoms with Crippen molar-refractivity contribution in [3.8, 4) is 0 Å². The number of nitrogens with one attached hydrogen (secondary N) is 1. The average Bonchev–Trinajstić information content (AvgIpc) is 3.06. The molecule has 0 aromatic heterocycles. The molecule has 260 valence electrons. The predicted molar refractivity (Wildman–Crippen MR) is 186 cm³/mol. The molecular weight excluding hydrogens is 649 g/mol. The fraction of sp³-hybridized carbons (Fsp3) is 0.333. The Morgan fingerprint density at radius 2 is 1.59 bits per heavy atom. The summed E-state index contributed by atoms with van der Waals surface area (Å²) in [4.78, 5) is 36.3. The normalized spacial score (nSPS) is 18.0. The highest BCUT2D eigenvalue weighted by Crippen LogP contribution is 2.66. The minimum atomic E-state index is -3.91. The first-order chi connectivity index (χ1) is 23.2. The molecule has 0 amide bonds. The summed E-state index contributed by atoms with van der Waals surface area (Å²) in [5.41, 5.74) is 3.18. The van der Waals surface area contributed by atoms with Gasteiger partial charge in [-0.05, 0) is 37.1 Å². The zero-order chi connectivity index (χ0) is 35.8. The van der Waals surface area contributed by atoms with Crippen LogP contribution in [-0.2, 0) is 34.5 Å². The van der Waals surface area contributed by atoms with E-state index in [2.05, 4.69) is 10.2 Å². The molecule has 0 saturated carbocycles. The zero-order valence-electron chi connectivity index (χ0n) is 28.3. The summed E-state index contributed by atoms with van der Waals surface area (Å²) >= 11 is 0. The molecule has 0 aliphatic carbocycles. The lowest BCUT2D eigenvalue weighted by atomic mass is 9.86. The van der Waals surface area contributed by atoms with Crippen LogP contribution in [0.4, 0.5) is 11.4 Å². The van der Waals surface area contributed by atoms with Gasteiger partial charge in [0.1, 0.15) is 6.61 Å². The van der Waals surface area contributed by atoms with E-state index in [-0.39, 0.29) is 41.8 Å². The van der Waals surface area contributed by atoms with Gasteiger partial charge in [0.15, 0.2) is 0 Å². The second kappa shape index (κ2) is 16.1. The second-order valence-corrected chi connectivity index (χ2v) is 14.6. The maximum absolute atomic E-state index is 14.3. The van der Waals surface area contributed by atoms with Gasteiger partial charge in [-0.1, -0.05) is 74.5 Å². The molecule has 5 rings (SSSR count). The van der Waals surface area contributed by atoms with Crippen LogP contribution in [0.5, 0.6) is 0 Å². The van der Waals surface area contributed by atoms with Crippen molar-refractivity contribution in [2.45, 2.75) is 47.1 Å². The number of carboxylic acids is 1. The Bertz CT molecular complexity index is 1760. The topological polar surface area (TPSA) is 158 Å². The number of ether oxygens (including phenoxy) is 1. The number of nitro groups is 1. The van der Waals surface area contributed by atoms with Crippen molar-refractivity contribution in [2.75, 3.05) is 31.3 Å². The van der Waals surface area contributed by atoms with Crippen LogP contribution in [0.15, 0.2) is 107 Å². The Kier molecular flexibility index (Phi) is 12.2. The molecule has 12 nitrogen and oxygen atoms in total. The Hall–Kier alpha value is -4.77. The smallest absolute Gasteiger partial charge is 0.360 e. The lowest BCUT2D eigenvalue weighted by molar-refractivity contribution is -0.384. The third-order valence-corrected chi connectivity index (χ3v) is 9.96. The highest BCUT2D eigenvalue weighted by Gasteiger charge is 2.48. The molecule has 0 bridgehead atoms. The van der Waals surface area contributed by atoms with E-state index in [9.17, 15) is 19.5 Å². The molecule has 1 saturated heterocycles. The lowest BCUT2D eigenvalue weighted by Crippen LogP contribution is -2.34. The number of benzene rings is 3. The number of allylic oxidation sites excluding steroid dienone is 3. The third-order valence-electron chi connectivity index (χ3n) is 7.84. The lowest BCUT2D eigenvalue weighted by Gasteiger charge is -2.39. The van der Waals surface area contributed by atoms with Crippen molar-refractivity contribution in [3.05, 3.63) is 128 Å². The number of dihydropyridines is 1. The van der Waals surface area contributed by atoms with Crippen LogP contribution in [0, 0.1) is 15.5 Å². The van der Waals surface area contributed by atoms with Crippen molar-refractivity contribution < 1.29 is 38.0 Å². The maximum Gasteiger partial charge on any atom is 0.360 e. The first kappa shape index (κ1) is 37.1. The summed E-state index contributed by atoms with van der Waals surface area (Å²) in [6.07, 6.45) is 0. The van der Waals surface area contributed by atoms with E-state index in [1.165, 1.54) is 12.1 Å². The van der Waals surface area contributed by atoms with E-state index in [1.54, 1.807) is 26.0 Å². The van der Waals surface area contributed by atoms with Crippen molar-refractivity contribution in [1.29, 1.82) is 0 Å². The van der Waals surface area contributed by atoms with Gasteiger partial charge in [0.2, 0.25) is 0 Å². The first-order valence-corrected chi connectivity index (χ1v) is 17.3. The van der Waals surface area contributed by atoms with Gasteiger partial charge in [-0.15, -0.1) is 0 Å². The van der Waals surface area contributed by atoms with Crippen LogP contribution in [-0.4, -0.2) is 48.3 Å². The molecule has 3 aromatic carbocycles. The average molecular weight is 692 g/mol. The molecular formula is C36H42N3O9P. The maximum atomic E-state index is 14.3. The van der Waals surface area contributed by atoms with Crippen molar-refractivity contribution in [2.24, 2.45) is 5.41 Å². The Morgan fingerprint density at radius 3 is 2.18 bits per heavy atom. The van der Waals surface area contributed by atoms with E-state index >= 15 is 0 Å². The minimum Gasteiger partial charge on any atom is -0.481 e. The van der Waals surface area contributed by atoms with Gasteiger partial charge in [-0.3, -0.25) is 19.5 Å². The number of esters is 1. The molecule has 0 spiro atoms. The summed E-state index contributed by atoms with van der Waals surface area (Å²) in [5.74, 6) is -2.42. The summed E-state index contributed by atoms with van der Waals surface area (Å²) < 4.78 is 32.1. The Morgan fingerprint density at radius 1 is 1.00 bits per heavy atom. The van der Waals surface area contributed by atoms with Gasteiger partial charge in [0, 0.05) is 48.1 Å². The first-order valence-electron chi connectivity index (χ1n) is 15.7. The number of anilines is 1. The number of non-ortho nitro benzene ring substituents is 1. The number of hydrogen-bond donors (Lipinski definition) is 2. The number of nitrogens with zero attached hydrogens (tertiary/aromatic N) is 2. The van der Waals surface area contributed by atoms with Gasteiger partial charge >= 0.3 is 13.6 Å². The summed E-state index contributed by atoms with van der Waals surface area (Å²) in [6.45, 7) is 9.89. The molecule has 0 radical (unpaired) electrons. The molecule has 2 aliphatic heterocycles. The number of rotatable bonds is 10. The Balaban J connectivity index is 0.00000128. The number of hydrogen-bond acceptors (Lipinski definition) is 10. The number of carboxylic acid groups (broad SMARTS) is 1. The summed E-state index contributed by atoms with van der Waals surface area (Å²) in [7, 11) is -3.91. The predicted octanol–water partition coefficient (Wildman–Crippen LogP) is 7.39. The van der Waals surface area contributed by atoms with Crippen molar-refractivity contribution in [3.63, 3.8) is 0 Å². The van der Waals surface area contributed by atoms with Crippen LogP contribution in [0.25, 0.3) is 0 Å². The quantitative estimate of drug-likeness (QED) is 0.0945. The van der Waals surface area contributed by atoms with Crippen LogP contribution in [0.1, 0.15) is 51.7 Å². The highest BCUT2D eigenvalue weighted by molar-refractivity contribution is 7.58. The van der Waals surface area contributed by atoms with E-state index in [1.807, 2.05) is 74.5 Å². The second-order valence-electron chi connectivity index (χ2n) is 12.6. The van der Waals surface area contributed by atoms with E-state index in [0.717, 1.165) is 18.2 Å². The molecule has 2 aliphatic rings. The monoisotopic (exact) mass is 691 g/mol. The number of nitro benzene ring substituents is 1. The number of aliphatic carboxylic acids is 1. The SMILES string of the molecule is CC(=O)O.CC1=C(C(=O)OCCN(Cc2ccccc2)c2ccccc2)[C@H](c2cccc([N+](=O)[O-])c2)C(P2(=O)OCC(C)(C)CO2)=C(C)N1. The Labute approximate surface area is 286 Å². The molecule has 0 unspecified atom stereocenters. The highest BCUT2D eigenvalue weighted by atomic mass is 31.2. The number of carbonyl (C=O) groups is 2. The van der Waals surface area contributed by atoms with Gasteiger partial charge in [-0.2, -0.15) is 0 Å². The van der Waals surface area contributed by atoms with Crippen LogP contribution in [0.3, 0.4) is 0 Å². The zero-order valence-corrected chi connectivity index (χ0v) is 29.1. The number of para-hydroxylation sites is 1. The fourth-order valence-corrected chi connectivity index (χ4v) is 8.02. The standard InChI is InChI=1S/C34H38N3O7P.C2H4O2/c1-24-30(33(38)42-19-18-36(28-15-9-6-10-16-28)21-26-12-7-5-8-13-26)31(27-14-11-17-29(20-27)37(39)40)32(25(2)35-24)45(41)43-22-34(3,4)23-44-45;1-2(3)4/h5-17,20,31,35H,18-19,21-23H2,1-4H3;1H3,(H,3,4)/t31-;/m0./s1. The molecule has 1 atom stereocenters. The number of carbonyl (C=O) groups excluding carboxylic acids is 1. The van der Waals surface area contributed by atoms with Crippen LogP contribution < -0.4 is 10.2 Å². The largest absolute Gasteiger partial charge is 0.481 e. The van der Waals surface area contributed by atoms with Gasteiger partial charge in [-0.25, -0.2) is 4.79 Å². The van der Waals surface area contributed by atoms with Gasteiger partial charge in [0.25, 0.3) is 11.7 Å². The summed E-state index contributed by atoms with van der Waals surface area (Å²) in [6, 6.07) is 25.9. The summed E-state index contributed by atoms with van der Waals surface area (Å²) in [5, 5.41) is 22.6. The van der Waals surface area contributed by atoms with Crippen molar-refractivity contribution >= 4 is 30.9 Å².